The summed E-state index contributed by atoms with van der Waals surface area (Å²) < 4.78 is 11.1. The summed E-state index contributed by atoms with van der Waals surface area (Å²) in [4.78, 5) is 23.3. The number of esters is 2. The fraction of sp³-hybridized carbons (Fsp3) is 0.600. The normalized spacial score (nSPS) is 32.8. The van der Waals surface area contributed by atoms with Gasteiger partial charge < -0.3 is 14.6 Å². The first kappa shape index (κ1) is 20.0. The van der Waals surface area contributed by atoms with Crippen molar-refractivity contribution in [1.29, 1.82) is 0 Å². The lowest BCUT2D eigenvalue weighted by Gasteiger charge is -2.37. The van der Waals surface area contributed by atoms with Gasteiger partial charge in [0.05, 0.1) is 14.1 Å². The van der Waals surface area contributed by atoms with Crippen molar-refractivity contribution in [3.8, 4) is 0 Å². The van der Waals surface area contributed by atoms with Gasteiger partial charge in [0.1, 0.15) is 17.9 Å². The van der Waals surface area contributed by atoms with Gasteiger partial charge in [-0.05, 0) is 18.9 Å². The molecule has 7 heteroatoms. The van der Waals surface area contributed by atoms with Gasteiger partial charge in [0.15, 0.2) is 0 Å². The first-order chi connectivity index (χ1) is 12.6. The third-order valence-electron chi connectivity index (χ3n) is 5.90. The molecule has 27 heavy (non-hydrogen) atoms. The molecule has 2 bridgehead atoms. The van der Waals surface area contributed by atoms with Crippen molar-refractivity contribution < 1.29 is 24.2 Å². The van der Waals surface area contributed by atoms with Crippen LogP contribution in [-0.2, 0) is 19.1 Å². The SMILES string of the molecule is CC(=O)O[C@@H]1[C@@H]2N[C@](O)(CC[C@@H]2OC(C)=O)[C@H]1C[Si](C)(C)c1ccccc1. The van der Waals surface area contributed by atoms with Gasteiger partial charge in [-0.2, -0.15) is 0 Å². The predicted molar refractivity (Wildman–Crippen MR) is 104 cm³/mol. The van der Waals surface area contributed by atoms with Crippen LogP contribution in [0.15, 0.2) is 30.3 Å². The van der Waals surface area contributed by atoms with E-state index < -0.39 is 26.0 Å². The van der Waals surface area contributed by atoms with E-state index in [1.807, 2.05) is 18.2 Å². The zero-order valence-corrected chi connectivity index (χ0v) is 17.4. The summed E-state index contributed by atoms with van der Waals surface area (Å²) in [6.07, 6.45) is 0.0897. The summed E-state index contributed by atoms with van der Waals surface area (Å²) in [5.41, 5.74) is -1.11. The molecule has 0 unspecified atom stereocenters. The van der Waals surface area contributed by atoms with Crippen LogP contribution in [0.3, 0.4) is 0 Å². The van der Waals surface area contributed by atoms with Crippen LogP contribution in [0.2, 0.25) is 19.1 Å². The Hall–Kier alpha value is -1.70. The van der Waals surface area contributed by atoms with Crippen LogP contribution in [0.5, 0.6) is 0 Å². The van der Waals surface area contributed by atoms with Crippen molar-refractivity contribution in [2.24, 2.45) is 5.92 Å². The second kappa shape index (κ2) is 7.37. The number of piperidine rings is 1. The third-order valence-corrected chi connectivity index (χ3v) is 9.25. The molecule has 1 aromatic carbocycles. The maximum atomic E-state index is 11.8. The molecule has 1 aromatic rings. The zero-order valence-electron chi connectivity index (χ0n) is 16.4. The molecule has 0 saturated carbocycles. The molecule has 2 fully saturated rings. The number of carbonyl (C=O) groups is 2. The zero-order chi connectivity index (χ0) is 19.8. The quantitative estimate of drug-likeness (QED) is 0.585. The van der Waals surface area contributed by atoms with Crippen LogP contribution in [-0.4, -0.2) is 49.1 Å². The summed E-state index contributed by atoms with van der Waals surface area (Å²) in [5.74, 6) is -0.992. The van der Waals surface area contributed by atoms with Gasteiger partial charge in [0.2, 0.25) is 0 Å². The summed E-state index contributed by atoms with van der Waals surface area (Å²) >= 11 is 0. The second-order valence-electron chi connectivity index (χ2n) is 8.42. The van der Waals surface area contributed by atoms with Crippen molar-refractivity contribution >= 4 is 25.2 Å². The van der Waals surface area contributed by atoms with Crippen LogP contribution < -0.4 is 10.5 Å². The monoisotopic (exact) mass is 391 g/mol. The molecule has 0 spiro atoms. The lowest BCUT2D eigenvalue weighted by molar-refractivity contribution is -0.155. The highest BCUT2D eigenvalue weighted by Gasteiger charge is 2.60. The standard InChI is InChI=1S/C20H29NO5Si/c1-13(22)25-17-10-11-20(24)16(19(18(17)21-20)26-14(2)23)12-27(3,4)15-8-6-5-7-9-15/h5-9,16-19,21,24H,10-12H2,1-4H3/t16-,17-,18+,19-,20-/m0/s1. The molecule has 2 saturated heterocycles. The van der Waals surface area contributed by atoms with Gasteiger partial charge in [0.25, 0.3) is 0 Å². The fourth-order valence-corrected chi connectivity index (χ4v) is 7.64. The van der Waals surface area contributed by atoms with E-state index >= 15 is 0 Å². The maximum absolute atomic E-state index is 11.8. The molecular weight excluding hydrogens is 362 g/mol. The van der Waals surface area contributed by atoms with E-state index in [0.29, 0.717) is 12.8 Å². The highest BCUT2D eigenvalue weighted by Crippen LogP contribution is 2.45. The molecule has 0 amide bonds. The van der Waals surface area contributed by atoms with Gasteiger partial charge in [-0.25, -0.2) is 0 Å². The first-order valence-electron chi connectivity index (χ1n) is 9.52. The van der Waals surface area contributed by atoms with E-state index in [9.17, 15) is 14.7 Å². The second-order valence-corrected chi connectivity index (χ2v) is 13.2. The van der Waals surface area contributed by atoms with E-state index in [-0.39, 0.29) is 23.9 Å². The number of rotatable bonds is 5. The molecule has 3 rings (SSSR count). The lowest BCUT2D eigenvalue weighted by Crippen LogP contribution is -2.56. The van der Waals surface area contributed by atoms with Gasteiger partial charge in [-0.3, -0.25) is 14.9 Å². The lowest BCUT2D eigenvalue weighted by atomic mass is 9.94. The average molecular weight is 392 g/mol. The third kappa shape index (κ3) is 4.10. The molecule has 5 atom stereocenters. The van der Waals surface area contributed by atoms with E-state index in [0.717, 1.165) is 6.04 Å². The molecule has 0 aromatic heterocycles. The Morgan fingerprint density at radius 2 is 1.81 bits per heavy atom. The van der Waals surface area contributed by atoms with Gasteiger partial charge in [-0.1, -0.05) is 48.6 Å². The molecule has 6 nitrogen and oxygen atoms in total. The molecule has 148 valence electrons. The molecular formula is C20H29NO5Si. The topological polar surface area (TPSA) is 84.9 Å². The minimum atomic E-state index is -1.90. The Morgan fingerprint density at radius 1 is 1.19 bits per heavy atom. The number of benzene rings is 1. The van der Waals surface area contributed by atoms with Crippen LogP contribution in [0, 0.1) is 5.92 Å². The Morgan fingerprint density at radius 3 is 2.41 bits per heavy atom. The number of nitrogens with one attached hydrogen (secondary N) is 1. The number of carbonyl (C=O) groups excluding carboxylic acids is 2. The number of hydrogen-bond donors (Lipinski definition) is 2. The van der Waals surface area contributed by atoms with Crippen molar-refractivity contribution in [2.75, 3.05) is 0 Å². The molecule has 2 heterocycles. The van der Waals surface area contributed by atoms with Crippen molar-refractivity contribution in [2.45, 2.75) is 69.8 Å². The predicted octanol–water partition coefficient (Wildman–Crippen LogP) is 1.54. The molecule has 0 aliphatic carbocycles. The summed E-state index contributed by atoms with van der Waals surface area (Å²) in [6.45, 7) is 7.29. The van der Waals surface area contributed by atoms with Gasteiger partial charge in [-0.15, -0.1) is 0 Å². The Bertz CT molecular complexity index is 710. The van der Waals surface area contributed by atoms with Crippen LogP contribution in [0.4, 0.5) is 0 Å². The fourth-order valence-electron chi connectivity index (χ4n) is 4.64. The molecule has 2 aliphatic rings. The van der Waals surface area contributed by atoms with E-state index in [4.69, 9.17) is 9.47 Å². The summed E-state index contributed by atoms with van der Waals surface area (Å²) in [6, 6.07) is 10.7. The Labute approximate surface area is 161 Å². The van der Waals surface area contributed by atoms with Crippen molar-refractivity contribution in [3.05, 3.63) is 30.3 Å². The highest BCUT2D eigenvalue weighted by molar-refractivity contribution is 6.89. The maximum Gasteiger partial charge on any atom is 0.302 e. The minimum absolute atomic E-state index is 0.242. The Balaban J connectivity index is 1.90. The van der Waals surface area contributed by atoms with Gasteiger partial charge >= 0.3 is 11.9 Å². The van der Waals surface area contributed by atoms with Gasteiger partial charge in [0, 0.05) is 19.8 Å². The average Bonchev–Trinajstić information content (AvgIpc) is 2.79. The minimum Gasteiger partial charge on any atom is -0.461 e. The van der Waals surface area contributed by atoms with E-state index in [1.165, 1.54) is 19.0 Å². The smallest absolute Gasteiger partial charge is 0.302 e. The van der Waals surface area contributed by atoms with E-state index in [2.05, 4.69) is 30.5 Å². The van der Waals surface area contributed by atoms with Crippen molar-refractivity contribution in [1.82, 2.24) is 5.32 Å². The number of aliphatic hydroxyl groups is 1. The van der Waals surface area contributed by atoms with Crippen LogP contribution >= 0.6 is 0 Å². The number of hydrogen-bond acceptors (Lipinski definition) is 6. The largest absolute Gasteiger partial charge is 0.461 e. The van der Waals surface area contributed by atoms with Crippen LogP contribution in [0.25, 0.3) is 0 Å². The first-order valence-corrected chi connectivity index (χ1v) is 12.7. The number of fused-ring (bicyclic) bond motifs is 2. The molecule has 2 aliphatic heterocycles. The highest BCUT2D eigenvalue weighted by atomic mass is 28.3. The van der Waals surface area contributed by atoms with Crippen molar-refractivity contribution in [3.63, 3.8) is 0 Å². The summed E-state index contributed by atoms with van der Waals surface area (Å²) in [5, 5.41) is 15.8. The molecule has 2 N–H and O–H groups in total. The van der Waals surface area contributed by atoms with E-state index in [1.54, 1.807) is 0 Å². The Kier molecular flexibility index (Phi) is 5.47. The summed E-state index contributed by atoms with van der Waals surface area (Å²) in [7, 11) is -1.90. The number of ether oxygens (including phenoxy) is 2. The van der Waals surface area contributed by atoms with Crippen LogP contribution in [0.1, 0.15) is 26.7 Å². The molecule has 0 radical (unpaired) electrons.